The number of hydrogen-bond donors (Lipinski definition) is 2. The van der Waals surface area contributed by atoms with Gasteiger partial charge in [-0.3, -0.25) is 0 Å². The number of anilines is 1. The van der Waals surface area contributed by atoms with Crippen molar-refractivity contribution in [2.45, 2.75) is 32.3 Å². The van der Waals surface area contributed by atoms with Crippen molar-refractivity contribution in [3.8, 4) is 11.5 Å². The van der Waals surface area contributed by atoms with Gasteiger partial charge in [-0.15, -0.1) is 0 Å². The van der Waals surface area contributed by atoms with Gasteiger partial charge in [-0.2, -0.15) is 0 Å². The van der Waals surface area contributed by atoms with Gasteiger partial charge in [0.25, 0.3) is 0 Å². The van der Waals surface area contributed by atoms with E-state index in [4.69, 9.17) is 60.6 Å². The summed E-state index contributed by atoms with van der Waals surface area (Å²) in [6.45, 7) is 3.46. The van der Waals surface area contributed by atoms with Crippen LogP contribution in [-0.2, 0) is 16.0 Å². The zero-order valence-electron chi connectivity index (χ0n) is 23.0. The standard InChI is InChI=1S/C30H32Cl4N2O6/c1-2-40-28(29(37)38)15-20-5-8-24(9-6-20)42-14-12-36(30(39)35-27-10-7-21(31)19-26(27)34)11-3-4-13-41-25-17-22(32)16-23(33)18-25/h5-10,16-19,28H,2-4,11-15H2,1H3,(H,35,39)(H,37,38). The quantitative estimate of drug-likeness (QED) is 0.151. The molecule has 0 spiro atoms. The zero-order chi connectivity index (χ0) is 30.5. The second kappa shape index (κ2) is 17.3. The molecule has 42 heavy (non-hydrogen) atoms. The summed E-state index contributed by atoms with van der Waals surface area (Å²) in [6.07, 6.45) is 0.683. The number of nitrogens with zero attached hydrogens (tertiary/aromatic N) is 1. The van der Waals surface area contributed by atoms with E-state index in [1.165, 1.54) is 0 Å². The van der Waals surface area contributed by atoms with E-state index in [2.05, 4.69) is 5.32 Å². The highest BCUT2D eigenvalue weighted by Crippen LogP contribution is 2.26. The van der Waals surface area contributed by atoms with E-state index in [9.17, 15) is 14.7 Å². The number of carbonyl (C=O) groups is 2. The van der Waals surface area contributed by atoms with Gasteiger partial charge < -0.3 is 29.5 Å². The summed E-state index contributed by atoms with van der Waals surface area (Å²) in [6, 6.07) is 16.6. The lowest BCUT2D eigenvalue weighted by Gasteiger charge is -2.24. The molecule has 1 unspecified atom stereocenters. The van der Waals surface area contributed by atoms with Crippen LogP contribution in [0.5, 0.6) is 11.5 Å². The van der Waals surface area contributed by atoms with E-state index in [0.717, 1.165) is 5.56 Å². The maximum Gasteiger partial charge on any atom is 0.333 e. The highest BCUT2D eigenvalue weighted by Gasteiger charge is 2.18. The molecule has 0 radical (unpaired) electrons. The molecular formula is C30H32Cl4N2O6. The van der Waals surface area contributed by atoms with Crippen molar-refractivity contribution in [2.75, 3.05) is 38.2 Å². The van der Waals surface area contributed by atoms with Gasteiger partial charge >= 0.3 is 12.0 Å². The van der Waals surface area contributed by atoms with Crippen molar-refractivity contribution in [2.24, 2.45) is 0 Å². The van der Waals surface area contributed by atoms with Gasteiger partial charge in [-0.25, -0.2) is 9.59 Å². The SMILES string of the molecule is CCOC(Cc1ccc(OCCN(CCCCOc2cc(Cl)cc(Cl)c2)C(=O)Nc2ccc(Cl)cc2Cl)cc1)C(=O)O. The van der Waals surface area contributed by atoms with Crippen molar-refractivity contribution < 1.29 is 28.9 Å². The van der Waals surface area contributed by atoms with Gasteiger partial charge in [0.15, 0.2) is 6.10 Å². The molecule has 3 rings (SSSR count). The van der Waals surface area contributed by atoms with Crippen LogP contribution in [0.4, 0.5) is 10.5 Å². The third-order valence-corrected chi connectivity index (χ3v) is 6.99. The monoisotopic (exact) mass is 656 g/mol. The smallest absolute Gasteiger partial charge is 0.333 e. The number of rotatable bonds is 16. The first-order valence-electron chi connectivity index (χ1n) is 13.3. The Kier molecular flexibility index (Phi) is 13.8. The molecule has 12 heteroatoms. The minimum Gasteiger partial charge on any atom is -0.493 e. The van der Waals surface area contributed by atoms with Crippen molar-refractivity contribution >= 4 is 64.1 Å². The van der Waals surface area contributed by atoms with Crippen LogP contribution in [0.15, 0.2) is 60.7 Å². The predicted molar refractivity (Wildman–Crippen MR) is 167 cm³/mol. The summed E-state index contributed by atoms with van der Waals surface area (Å²) >= 11 is 24.3. The maximum atomic E-state index is 13.2. The molecule has 1 atom stereocenters. The van der Waals surface area contributed by atoms with E-state index in [1.807, 2.05) is 0 Å². The van der Waals surface area contributed by atoms with E-state index >= 15 is 0 Å². The van der Waals surface area contributed by atoms with Crippen molar-refractivity contribution in [3.63, 3.8) is 0 Å². The number of unbranched alkanes of at least 4 members (excludes halogenated alkanes) is 1. The number of hydrogen-bond acceptors (Lipinski definition) is 5. The van der Waals surface area contributed by atoms with Gasteiger partial charge in [-0.05, 0) is 73.9 Å². The second-order valence-electron chi connectivity index (χ2n) is 9.18. The van der Waals surface area contributed by atoms with Crippen LogP contribution < -0.4 is 14.8 Å². The van der Waals surface area contributed by atoms with Crippen LogP contribution in [0, 0.1) is 0 Å². The zero-order valence-corrected chi connectivity index (χ0v) is 26.0. The molecule has 2 amide bonds. The number of ether oxygens (including phenoxy) is 3. The number of benzene rings is 3. The molecule has 3 aromatic rings. The topological polar surface area (TPSA) is 97.3 Å². The number of halogens is 4. The summed E-state index contributed by atoms with van der Waals surface area (Å²) in [5.74, 6) is 0.169. The molecule has 0 saturated heterocycles. The van der Waals surface area contributed by atoms with Crippen LogP contribution in [-0.4, -0.2) is 61.0 Å². The lowest BCUT2D eigenvalue weighted by molar-refractivity contribution is -0.149. The molecule has 3 aromatic carbocycles. The Morgan fingerprint density at radius 1 is 0.833 bits per heavy atom. The number of carboxylic acid groups (broad SMARTS) is 1. The van der Waals surface area contributed by atoms with E-state index in [-0.39, 0.29) is 19.1 Å². The van der Waals surface area contributed by atoms with Gasteiger partial charge in [0.05, 0.1) is 23.9 Å². The summed E-state index contributed by atoms with van der Waals surface area (Å²) in [4.78, 5) is 26.1. The van der Waals surface area contributed by atoms with Crippen molar-refractivity contribution in [3.05, 3.63) is 86.3 Å². The molecule has 0 aliphatic rings. The second-order valence-corrected chi connectivity index (χ2v) is 10.9. The number of carbonyl (C=O) groups excluding carboxylic acids is 1. The predicted octanol–water partition coefficient (Wildman–Crippen LogP) is 8.10. The minimum absolute atomic E-state index is 0.231. The highest BCUT2D eigenvalue weighted by molar-refractivity contribution is 6.36. The Bertz CT molecular complexity index is 1310. The fraction of sp³-hybridized carbons (Fsp3) is 0.333. The summed E-state index contributed by atoms with van der Waals surface area (Å²) < 4.78 is 16.9. The Morgan fingerprint density at radius 3 is 2.17 bits per heavy atom. The van der Waals surface area contributed by atoms with E-state index in [1.54, 1.807) is 72.5 Å². The average Bonchev–Trinajstić information content (AvgIpc) is 2.93. The Labute approximate surface area is 265 Å². The Balaban J connectivity index is 1.55. The molecule has 0 saturated carbocycles. The first-order chi connectivity index (χ1) is 20.1. The number of nitrogens with one attached hydrogen (secondary N) is 1. The summed E-state index contributed by atoms with van der Waals surface area (Å²) in [5, 5.41) is 13.9. The lowest BCUT2D eigenvalue weighted by Crippen LogP contribution is -2.38. The third-order valence-electron chi connectivity index (χ3n) is 6.00. The number of amides is 2. The molecule has 2 N–H and O–H groups in total. The maximum absolute atomic E-state index is 13.2. The van der Waals surface area contributed by atoms with E-state index < -0.39 is 12.1 Å². The lowest BCUT2D eigenvalue weighted by atomic mass is 10.1. The molecule has 0 bridgehead atoms. The summed E-state index contributed by atoms with van der Waals surface area (Å²) in [5.41, 5.74) is 1.26. The fourth-order valence-corrected chi connectivity index (χ4v) is 4.90. The van der Waals surface area contributed by atoms with Crippen LogP contribution in [0.25, 0.3) is 0 Å². The van der Waals surface area contributed by atoms with Crippen LogP contribution in [0.1, 0.15) is 25.3 Å². The molecule has 8 nitrogen and oxygen atoms in total. The highest BCUT2D eigenvalue weighted by atomic mass is 35.5. The molecule has 0 aliphatic heterocycles. The van der Waals surface area contributed by atoms with Gasteiger partial charge in [0, 0.05) is 34.6 Å². The van der Waals surface area contributed by atoms with Crippen molar-refractivity contribution in [1.29, 1.82) is 0 Å². The minimum atomic E-state index is -1.00. The van der Waals surface area contributed by atoms with Gasteiger partial charge in [-0.1, -0.05) is 58.5 Å². The molecule has 226 valence electrons. The number of urea groups is 1. The van der Waals surface area contributed by atoms with Crippen molar-refractivity contribution in [1.82, 2.24) is 4.90 Å². The summed E-state index contributed by atoms with van der Waals surface area (Å²) in [7, 11) is 0. The van der Waals surface area contributed by atoms with Crippen LogP contribution in [0.2, 0.25) is 20.1 Å². The normalized spacial score (nSPS) is 11.5. The first-order valence-corrected chi connectivity index (χ1v) is 14.8. The molecule has 0 heterocycles. The largest absolute Gasteiger partial charge is 0.493 e. The van der Waals surface area contributed by atoms with E-state index in [0.29, 0.717) is 76.4 Å². The van der Waals surface area contributed by atoms with Gasteiger partial charge in [0.2, 0.25) is 0 Å². The molecule has 0 fully saturated rings. The average molecular weight is 658 g/mol. The molecule has 0 aliphatic carbocycles. The molecular weight excluding hydrogens is 626 g/mol. The fourth-order valence-electron chi connectivity index (χ4n) is 3.93. The first kappa shape index (κ1) is 33.6. The Hall–Kier alpha value is -2.88. The van der Waals surface area contributed by atoms with Crippen LogP contribution in [0.3, 0.4) is 0 Å². The Morgan fingerprint density at radius 2 is 1.52 bits per heavy atom. The number of aliphatic carboxylic acids is 1. The number of carboxylic acids is 1. The third kappa shape index (κ3) is 11.4. The van der Waals surface area contributed by atoms with Gasteiger partial charge in [0.1, 0.15) is 18.1 Å². The van der Waals surface area contributed by atoms with Crippen LogP contribution >= 0.6 is 46.4 Å². The molecule has 0 aromatic heterocycles.